The zero-order chi connectivity index (χ0) is 13.0. The Hall–Kier alpha value is -0.940. The van der Waals surface area contributed by atoms with E-state index in [2.05, 4.69) is 22.3 Å². The van der Waals surface area contributed by atoms with Crippen LogP contribution in [0.3, 0.4) is 0 Å². The number of carboxylic acids is 1. The van der Waals surface area contributed by atoms with Gasteiger partial charge in [-0.25, -0.2) is 4.98 Å². The molecule has 0 aliphatic carbocycles. The Morgan fingerprint density at radius 2 is 2.50 bits per heavy atom. The zero-order valence-electron chi connectivity index (χ0n) is 10.8. The Morgan fingerprint density at radius 3 is 3.22 bits per heavy atom. The lowest BCUT2D eigenvalue weighted by Crippen LogP contribution is -2.30. The smallest absolute Gasteiger partial charge is 0.303 e. The molecule has 1 atom stereocenters. The zero-order valence-corrected chi connectivity index (χ0v) is 11.6. The fourth-order valence-corrected chi connectivity index (χ4v) is 3.40. The van der Waals surface area contributed by atoms with Gasteiger partial charge in [0.05, 0.1) is 10.7 Å². The van der Waals surface area contributed by atoms with Crippen LogP contribution in [0.4, 0.5) is 0 Å². The van der Waals surface area contributed by atoms with Crippen molar-refractivity contribution in [2.45, 2.75) is 38.0 Å². The molecule has 2 rings (SSSR count). The van der Waals surface area contributed by atoms with Crippen molar-refractivity contribution in [3.8, 4) is 0 Å². The van der Waals surface area contributed by atoms with Gasteiger partial charge in [0.25, 0.3) is 0 Å². The molecule has 0 aromatic carbocycles. The summed E-state index contributed by atoms with van der Waals surface area (Å²) in [5.41, 5.74) is 1.06. The molecule has 0 amide bonds. The summed E-state index contributed by atoms with van der Waals surface area (Å²) < 4.78 is 0. The van der Waals surface area contributed by atoms with Gasteiger partial charge in [0, 0.05) is 24.3 Å². The first-order valence-corrected chi connectivity index (χ1v) is 7.38. The van der Waals surface area contributed by atoms with Crippen molar-refractivity contribution in [3.05, 3.63) is 16.1 Å². The van der Waals surface area contributed by atoms with Crippen LogP contribution in [0.2, 0.25) is 0 Å². The molecule has 1 aromatic rings. The molecule has 1 aliphatic rings. The first-order valence-electron chi connectivity index (χ1n) is 6.50. The van der Waals surface area contributed by atoms with E-state index >= 15 is 0 Å². The van der Waals surface area contributed by atoms with Crippen molar-refractivity contribution >= 4 is 17.3 Å². The highest BCUT2D eigenvalue weighted by molar-refractivity contribution is 7.09. The van der Waals surface area contributed by atoms with Crippen LogP contribution in [-0.2, 0) is 11.2 Å². The van der Waals surface area contributed by atoms with Gasteiger partial charge >= 0.3 is 5.97 Å². The molecule has 1 saturated heterocycles. The predicted octanol–water partition coefficient (Wildman–Crippen LogP) is 2.36. The number of aromatic nitrogens is 1. The Morgan fingerprint density at radius 1 is 1.67 bits per heavy atom. The van der Waals surface area contributed by atoms with E-state index in [1.807, 2.05) is 0 Å². The van der Waals surface area contributed by atoms with Gasteiger partial charge in [-0.2, -0.15) is 0 Å². The molecule has 2 heterocycles. The third kappa shape index (κ3) is 3.78. The van der Waals surface area contributed by atoms with Gasteiger partial charge in [-0.05, 0) is 39.3 Å². The van der Waals surface area contributed by atoms with E-state index < -0.39 is 5.97 Å². The van der Waals surface area contributed by atoms with Gasteiger partial charge < -0.3 is 10.0 Å². The fraction of sp³-hybridized carbons (Fsp3) is 0.692. The van der Waals surface area contributed by atoms with Gasteiger partial charge in [0.15, 0.2) is 0 Å². The van der Waals surface area contributed by atoms with Crippen molar-refractivity contribution in [1.29, 1.82) is 0 Å². The highest BCUT2D eigenvalue weighted by Crippen LogP contribution is 2.28. The molecule has 0 bridgehead atoms. The van der Waals surface area contributed by atoms with Crippen LogP contribution in [-0.4, -0.2) is 41.1 Å². The number of aliphatic carboxylic acids is 1. The van der Waals surface area contributed by atoms with Crippen LogP contribution in [0.5, 0.6) is 0 Å². The van der Waals surface area contributed by atoms with Crippen molar-refractivity contribution in [1.82, 2.24) is 9.88 Å². The Kier molecular flexibility index (Phi) is 4.72. The minimum absolute atomic E-state index is 0.235. The Labute approximate surface area is 112 Å². The summed E-state index contributed by atoms with van der Waals surface area (Å²) in [5.74, 6) is -0.152. The van der Waals surface area contributed by atoms with Crippen molar-refractivity contribution in [2.24, 2.45) is 0 Å². The summed E-state index contributed by atoms with van der Waals surface area (Å²) in [6.07, 6.45) is 4.18. The molecule has 1 aliphatic heterocycles. The average Bonchev–Trinajstić information content (AvgIpc) is 2.77. The number of hydrogen-bond donors (Lipinski definition) is 1. The third-order valence-electron chi connectivity index (χ3n) is 3.37. The number of carboxylic acid groups (broad SMARTS) is 1. The summed E-state index contributed by atoms with van der Waals surface area (Å²) >= 11 is 1.73. The van der Waals surface area contributed by atoms with Gasteiger partial charge in [0.1, 0.15) is 0 Å². The Bertz CT molecular complexity index is 405. The molecule has 18 heavy (non-hydrogen) atoms. The molecule has 5 heteroatoms. The molecular formula is C13H20N2O2S. The molecule has 1 aromatic heterocycles. The van der Waals surface area contributed by atoms with Crippen LogP contribution in [0.15, 0.2) is 5.38 Å². The second-order valence-corrected chi connectivity index (χ2v) is 5.92. The van der Waals surface area contributed by atoms with Crippen LogP contribution >= 0.6 is 11.3 Å². The molecule has 0 spiro atoms. The molecule has 0 saturated carbocycles. The maximum Gasteiger partial charge on any atom is 0.303 e. The number of rotatable bonds is 5. The highest BCUT2D eigenvalue weighted by atomic mass is 32.1. The molecule has 1 N–H and O–H groups in total. The van der Waals surface area contributed by atoms with Crippen LogP contribution in [0.25, 0.3) is 0 Å². The largest absolute Gasteiger partial charge is 0.481 e. The van der Waals surface area contributed by atoms with E-state index in [0.29, 0.717) is 12.3 Å². The highest BCUT2D eigenvalue weighted by Gasteiger charge is 2.21. The summed E-state index contributed by atoms with van der Waals surface area (Å²) in [4.78, 5) is 17.5. The van der Waals surface area contributed by atoms with Crippen molar-refractivity contribution < 1.29 is 9.90 Å². The van der Waals surface area contributed by atoms with E-state index in [4.69, 9.17) is 5.11 Å². The Balaban J connectivity index is 1.87. The van der Waals surface area contributed by atoms with Gasteiger partial charge in [-0.3, -0.25) is 4.79 Å². The maximum atomic E-state index is 10.5. The summed E-state index contributed by atoms with van der Waals surface area (Å²) in [6.45, 7) is 2.29. The number of thiazole rings is 1. The molecular weight excluding hydrogens is 248 g/mol. The van der Waals surface area contributed by atoms with E-state index in [0.717, 1.165) is 18.7 Å². The minimum Gasteiger partial charge on any atom is -0.481 e. The topological polar surface area (TPSA) is 53.4 Å². The van der Waals surface area contributed by atoms with E-state index in [9.17, 15) is 4.79 Å². The summed E-state index contributed by atoms with van der Waals surface area (Å²) in [5, 5.41) is 11.9. The van der Waals surface area contributed by atoms with Gasteiger partial charge in [-0.15, -0.1) is 11.3 Å². The lowest BCUT2D eigenvalue weighted by Gasteiger charge is -2.28. The van der Waals surface area contributed by atoms with E-state index in [1.165, 1.54) is 24.4 Å². The first kappa shape index (κ1) is 13.5. The number of aryl methyl sites for hydroxylation is 1. The van der Waals surface area contributed by atoms with Gasteiger partial charge in [0.2, 0.25) is 0 Å². The number of piperidine rings is 1. The second-order valence-electron chi connectivity index (χ2n) is 5.03. The maximum absolute atomic E-state index is 10.5. The third-order valence-corrected chi connectivity index (χ3v) is 4.42. The van der Waals surface area contributed by atoms with Crippen molar-refractivity contribution in [2.75, 3.05) is 20.1 Å². The molecule has 100 valence electrons. The van der Waals surface area contributed by atoms with E-state index in [1.54, 1.807) is 11.3 Å². The molecule has 0 radical (unpaired) electrons. The van der Waals surface area contributed by atoms with Crippen molar-refractivity contribution in [3.63, 3.8) is 0 Å². The summed E-state index contributed by atoms with van der Waals surface area (Å²) in [6, 6.07) is 0. The van der Waals surface area contributed by atoms with Gasteiger partial charge in [-0.1, -0.05) is 0 Å². The number of hydrogen-bond acceptors (Lipinski definition) is 4. The number of nitrogens with zero attached hydrogens (tertiary/aromatic N) is 2. The SMILES string of the molecule is CN1CCCC(c2nc(CCCC(=O)O)cs2)C1. The molecule has 1 unspecified atom stereocenters. The molecule has 4 nitrogen and oxygen atoms in total. The normalized spacial score (nSPS) is 21.1. The average molecular weight is 268 g/mol. The lowest BCUT2D eigenvalue weighted by molar-refractivity contribution is -0.137. The number of likely N-dealkylation sites (tertiary alicyclic amines) is 1. The number of carbonyl (C=O) groups is 1. The quantitative estimate of drug-likeness (QED) is 0.890. The van der Waals surface area contributed by atoms with Crippen LogP contribution < -0.4 is 0 Å². The monoisotopic (exact) mass is 268 g/mol. The van der Waals surface area contributed by atoms with E-state index in [-0.39, 0.29) is 6.42 Å². The molecule has 1 fully saturated rings. The fourth-order valence-electron chi connectivity index (χ4n) is 2.41. The van der Waals surface area contributed by atoms with Crippen LogP contribution in [0.1, 0.15) is 42.3 Å². The first-order chi connectivity index (χ1) is 8.65. The summed E-state index contributed by atoms with van der Waals surface area (Å²) in [7, 11) is 2.16. The standard InChI is InChI=1S/C13H20N2O2S/c1-15-7-3-4-10(8-15)13-14-11(9-18-13)5-2-6-12(16)17/h9-10H,2-8H2,1H3,(H,16,17). The lowest BCUT2D eigenvalue weighted by atomic mass is 9.99. The minimum atomic E-state index is -0.723. The van der Waals surface area contributed by atoms with Crippen LogP contribution in [0, 0.1) is 0 Å². The predicted molar refractivity (Wildman–Crippen MR) is 72.2 cm³/mol. The second kappa shape index (κ2) is 6.29. The number of likely N-dealkylation sites (N-methyl/N-ethyl adjacent to an activating group) is 1.